The van der Waals surface area contributed by atoms with Crippen molar-refractivity contribution in [1.29, 1.82) is 0 Å². The van der Waals surface area contributed by atoms with E-state index < -0.39 is 0 Å². The molecule has 21 heavy (non-hydrogen) atoms. The van der Waals surface area contributed by atoms with Gasteiger partial charge < -0.3 is 11.1 Å². The third kappa shape index (κ3) is 2.01. The third-order valence-electron chi connectivity index (χ3n) is 5.09. The van der Waals surface area contributed by atoms with E-state index in [1.807, 2.05) is 28.8 Å². The van der Waals surface area contributed by atoms with Crippen molar-refractivity contribution in [2.45, 2.75) is 31.8 Å². The summed E-state index contributed by atoms with van der Waals surface area (Å²) >= 11 is 0. The Hall–Kier alpha value is -1.95. The predicted octanol–water partition coefficient (Wildman–Crippen LogP) is 0.719. The van der Waals surface area contributed by atoms with Crippen molar-refractivity contribution in [3.8, 4) is 0 Å². The van der Waals surface area contributed by atoms with Crippen LogP contribution in [0.25, 0.3) is 5.65 Å². The molecule has 2 saturated carbocycles. The summed E-state index contributed by atoms with van der Waals surface area (Å²) in [5.74, 6) is 1.81. The summed E-state index contributed by atoms with van der Waals surface area (Å²) in [4.78, 5) is 12.4. The molecule has 1 amide bonds. The number of rotatable bonds is 3. The number of nitrogens with one attached hydrogen (secondary N) is 1. The Balaban J connectivity index is 1.46. The van der Waals surface area contributed by atoms with E-state index in [4.69, 9.17) is 5.73 Å². The van der Waals surface area contributed by atoms with Crippen LogP contribution in [0.4, 0.5) is 0 Å². The average Bonchev–Trinajstić information content (AvgIpc) is 3.19. The number of pyridine rings is 1. The molecule has 110 valence electrons. The molecule has 2 heterocycles. The fraction of sp³-hybridized carbons (Fsp3) is 0.533. The second kappa shape index (κ2) is 4.80. The van der Waals surface area contributed by atoms with Crippen molar-refractivity contribution >= 4 is 11.6 Å². The first-order valence-electron chi connectivity index (χ1n) is 7.56. The Labute approximate surface area is 122 Å². The first kappa shape index (κ1) is 12.8. The van der Waals surface area contributed by atoms with Crippen LogP contribution in [0.1, 0.15) is 25.1 Å². The number of hydrogen-bond acceptors (Lipinski definition) is 4. The fourth-order valence-electron chi connectivity index (χ4n) is 4.02. The van der Waals surface area contributed by atoms with E-state index in [0.717, 1.165) is 24.3 Å². The standard InChI is InChI=1S/C15H19N5O/c16-14-10-5-4-9(7-10)13(14)15(21)17-8-12-19-18-11-3-1-2-6-20(11)12/h1-3,6,9-10,13-14H,4-5,7-8,16H2,(H,17,21). The van der Waals surface area contributed by atoms with Gasteiger partial charge in [0.15, 0.2) is 11.5 Å². The minimum absolute atomic E-state index is 0.0251. The molecule has 2 fully saturated rings. The topological polar surface area (TPSA) is 85.3 Å². The van der Waals surface area contributed by atoms with Crippen LogP contribution in [0.3, 0.4) is 0 Å². The second-order valence-electron chi connectivity index (χ2n) is 6.20. The third-order valence-corrected chi connectivity index (χ3v) is 5.09. The van der Waals surface area contributed by atoms with Crippen LogP contribution in [0, 0.1) is 17.8 Å². The van der Waals surface area contributed by atoms with Gasteiger partial charge in [0.2, 0.25) is 5.91 Å². The van der Waals surface area contributed by atoms with Gasteiger partial charge in [-0.2, -0.15) is 0 Å². The zero-order valence-electron chi connectivity index (χ0n) is 11.8. The van der Waals surface area contributed by atoms with Crippen molar-refractivity contribution in [2.24, 2.45) is 23.5 Å². The maximum absolute atomic E-state index is 12.4. The lowest BCUT2D eigenvalue weighted by molar-refractivity contribution is -0.127. The van der Waals surface area contributed by atoms with E-state index >= 15 is 0 Å². The van der Waals surface area contributed by atoms with Crippen LogP contribution in [0.5, 0.6) is 0 Å². The highest BCUT2D eigenvalue weighted by molar-refractivity contribution is 5.80. The van der Waals surface area contributed by atoms with Crippen molar-refractivity contribution in [2.75, 3.05) is 0 Å². The van der Waals surface area contributed by atoms with E-state index in [0.29, 0.717) is 18.4 Å². The van der Waals surface area contributed by atoms with E-state index in [9.17, 15) is 4.79 Å². The number of carbonyl (C=O) groups excluding carboxylic acids is 1. The molecule has 2 aromatic heterocycles. The summed E-state index contributed by atoms with van der Waals surface area (Å²) in [6, 6.07) is 5.76. The summed E-state index contributed by atoms with van der Waals surface area (Å²) in [6.07, 6.45) is 5.35. The minimum atomic E-state index is -0.0251. The summed E-state index contributed by atoms with van der Waals surface area (Å²) in [5.41, 5.74) is 7.00. The Morgan fingerprint density at radius 2 is 2.19 bits per heavy atom. The van der Waals surface area contributed by atoms with Crippen molar-refractivity contribution < 1.29 is 4.79 Å². The molecular weight excluding hydrogens is 266 g/mol. The van der Waals surface area contributed by atoms with Crippen LogP contribution < -0.4 is 11.1 Å². The molecule has 0 radical (unpaired) electrons. The van der Waals surface area contributed by atoms with Gasteiger partial charge in [-0.3, -0.25) is 9.20 Å². The van der Waals surface area contributed by atoms with Crippen LogP contribution in [-0.2, 0) is 11.3 Å². The van der Waals surface area contributed by atoms with Crippen molar-refractivity contribution in [3.05, 3.63) is 30.2 Å². The predicted molar refractivity (Wildman–Crippen MR) is 77.1 cm³/mol. The van der Waals surface area contributed by atoms with Crippen LogP contribution in [0.2, 0.25) is 0 Å². The molecule has 4 unspecified atom stereocenters. The normalized spacial score (nSPS) is 30.9. The van der Waals surface area contributed by atoms with Crippen LogP contribution in [0.15, 0.2) is 24.4 Å². The lowest BCUT2D eigenvalue weighted by atomic mass is 9.84. The van der Waals surface area contributed by atoms with Crippen LogP contribution >= 0.6 is 0 Å². The Kier molecular flexibility index (Phi) is 2.92. The zero-order valence-corrected chi connectivity index (χ0v) is 11.8. The van der Waals surface area contributed by atoms with Crippen molar-refractivity contribution in [3.63, 3.8) is 0 Å². The first-order valence-corrected chi connectivity index (χ1v) is 7.56. The molecule has 6 heteroatoms. The van der Waals surface area contributed by atoms with Gasteiger partial charge in [-0.25, -0.2) is 0 Å². The average molecular weight is 285 g/mol. The molecule has 2 aliphatic carbocycles. The molecule has 3 N–H and O–H groups in total. The SMILES string of the molecule is NC1C2CCC(C2)C1C(=O)NCc1nnc2ccccn12. The van der Waals surface area contributed by atoms with Gasteiger partial charge in [-0.1, -0.05) is 6.07 Å². The van der Waals surface area contributed by atoms with Gasteiger partial charge in [0.1, 0.15) is 0 Å². The Morgan fingerprint density at radius 3 is 3.00 bits per heavy atom. The monoisotopic (exact) mass is 285 g/mol. The molecule has 4 rings (SSSR count). The number of fused-ring (bicyclic) bond motifs is 3. The molecule has 0 aliphatic heterocycles. The lowest BCUT2D eigenvalue weighted by Gasteiger charge is -2.26. The highest BCUT2D eigenvalue weighted by Crippen LogP contribution is 2.47. The zero-order chi connectivity index (χ0) is 14.4. The first-order chi connectivity index (χ1) is 10.2. The molecule has 4 atom stereocenters. The number of nitrogens with zero attached hydrogens (tertiary/aromatic N) is 3. The maximum Gasteiger partial charge on any atom is 0.225 e. The van der Waals surface area contributed by atoms with Gasteiger partial charge >= 0.3 is 0 Å². The van der Waals surface area contributed by atoms with E-state index in [-0.39, 0.29) is 17.9 Å². The van der Waals surface area contributed by atoms with E-state index in [2.05, 4.69) is 15.5 Å². The molecule has 2 bridgehead atoms. The molecule has 2 aliphatic rings. The summed E-state index contributed by atoms with van der Waals surface area (Å²) in [6.45, 7) is 0.393. The van der Waals surface area contributed by atoms with E-state index in [1.54, 1.807) is 0 Å². The van der Waals surface area contributed by atoms with Gasteiger partial charge in [0, 0.05) is 12.2 Å². The number of aromatic nitrogens is 3. The quantitative estimate of drug-likeness (QED) is 0.870. The molecule has 0 saturated heterocycles. The second-order valence-corrected chi connectivity index (χ2v) is 6.20. The number of hydrogen-bond donors (Lipinski definition) is 2. The van der Waals surface area contributed by atoms with Gasteiger partial charge in [0.25, 0.3) is 0 Å². The summed E-state index contributed by atoms with van der Waals surface area (Å²) < 4.78 is 1.89. The van der Waals surface area contributed by atoms with Crippen LogP contribution in [-0.4, -0.2) is 26.5 Å². The van der Waals surface area contributed by atoms with Gasteiger partial charge in [-0.05, 0) is 43.2 Å². The Morgan fingerprint density at radius 1 is 1.33 bits per heavy atom. The number of amides is 1. The van der Waals surface area contributed by atoms with Gasteiger partial charge in [0.05, 0.1) is 12.5 Å². The molecule has 0 aromatic carbocycles. The number of nitrogens with two attached hydrogens (primary N) is 1. The van der Waals surface area contributed by atoms with Gasteiger partial charge in [-0.15, -0.1) is 10.2 Å². The molecule has 0 spiro atoms. The Bertz CT molecular complexity index is 680. The largest absolute Gasteiger partial charge is 0.348 e. The summed E-state index contributed by atoms with van der Waals surface area (Å²) in [5, 5.41) is 11.2. The molecular formula is C15H19N5O. The molecule has 6 nitrogen and oxygen atoms in total. The number of carbonyl (C=O) groups is 1. The lowest BCUT2D eigenvalue weighted by Crippen LogP contribution is -2.45. The van der Waals surface area contributed by atoms with Crippen molar-refractivity contribution in [1.82, 2.24) is 19.9 Å². The highest BCUT2D eigenvalue weighted by atomic mass is 16.2. The summed E-state index contributed by atoms with van der Waals surface area (Å²) in [7, 11) is 0. The minimum Gasteiger partial charge on any atom is -0.348 e. The van der Waals surface area contributed by atoms with E-state index in [1.165, 1.54) is 6.42 Å². The smallest absolute Gasteiger partial charge is 0.225 e. The molecule has 2 aromatic rings. The highest BCUT2D eigenvalue weighted by Gasteiger charge is 2.48. The maximum atomic E-state index is 12.4. The fourth-order valence-corrected chi connectivity index (χ4v) is 4.02.